The van der Waals surface area contributed by atoms with E-state index in [-0.39, 0.29) is 11.3 Å². The number of carbonyl (C=O) groups is 2. The maximum absolute atomic E-state index is 13.6. The van der Waals surface area contributed by atoms with E-state index >= 15 is 0 Å². The molecule has 1 aliphatic heterocycles. The molecule has 198 valence electrons. The van der Waals surface area contributed by atoms with Gasteiger partial charge in [-0.1, -0.05) is 53.3 Å². The van der Waals surface area contributed by atoms with E-state index in [1.54, 1.807) is 67.8 Å². The number of nitrogens with zero attached hydrogens (tertiary/aromatic N) is 2. The number of amides is 1. The standard InChI is InChI=1S/C31H21ClN2O5S/c1-38-22-14-15-24-25(17-22)40-31(33-24)34-27(19-6-5-9-23(16-19)39-21-7-3-2-4-8-21)26(29(36)30(34)37)28(35)18-10-12-20(32)13-11-18/h2-17,27,35H,1H3/b28-26+. The van der Waals surface area contributed by atoms with Crippen LogP contribution in [0, 0.1) is 0 Å². The van der Waals surface area contributed by atoms with Gasteiger partial charge >= 0.3 is 5.91 Å². The van der Waals surface area contributed by atoms with E-state index in [2.05, 4.69) is 4.98 Å². The number of hydrogen-bond acceptors (Lipinski definition) is 7. The van der Waals surface area contributed by atoms with Crippen LogP contribution in [0.4, 0.5) is 5.13 Å². The van der Waals surface area contributed by atoms with Crippen molar-refractivity contribution in [2.75, 3.05) is 12.0 Å². The normalized spacial score (nSPS) is 16.4. The predicted molar refractivity (Wildman–Crippen MR) is 155 cm³/mol. The van der Waals surface area contributed by atoms with Gasteiger partial charge in [-0.25, -0.2) is 4.98 Å². The average molecular weight is 569 g/mol. The Kier molecular flexibility index (Phi) is 6.71. The second-order valence-corrected chi connectivity index (χ2v) is 10.4. The van der Waals surface area contributed by atoms with Gasteiger partial charge < -0.3 is 14.6 Å². The summed E-state index contributed by atoms with van der Waals surface area (Å²) in [7, 11) is 1.57. The summed E-state index contributed by atoms with van der Waals surface area (Å²) in [5.74, 6) is -0.121. The lowest BCUT2D eigenvalue weighted by molar-refractivity contribution is -0.132. The zero-order chi connectivity index (χ0) is 27.8. The first kappa shape index (κ1) is 25.6. The minimum Gasteiger partial charge on any atom is -0.507 e. The Balaban J connectivity index is 1.51. The lowest BCUT2D eigenvalue weighted by Crippen LogP contribution is -2.29. The molecule has 4 aromatic carbocycles. The number of anilines is 1. The second-order valence-electron chi connectivity index (χ2n) is 8.99. The Hall–Kier alpha value is -4.66. The number of carbonyl (C=O) groups excluding carboxylic acids is 2. The number of hydrogen-bond donors (Lipinski definition) is 1. The van der Waals surface area contributed by atoms with Gasteiger partial charge in [0.1, 0.15) is 23.0 Å². The molecule has 40 heavy (non-hydrogen) atoms. The number of aromatic nitrogens is 1. The first-order chi connectivity index (χ1) is 19.4. The number of methoxy groups -OCH3 is 1. The van der Waals surface area contributed by atoms with Gasteiger partial charge in [0.25, 0.3) is 5.78 Å². The lowest BCUT2D eigenvalue weighted by Gasteiger charge is -2.23. The van der Waals surface area contributed by atoms with Gasteiger partial charge in [-0.15, -0.1) is 0 Å². The molecule has 1 aromatic heterocycles. The molecule has 1 amide bonds. The molecule has 7 nitrogen and oxygen atoms in total. The third-order valence-corrected chi connectivity index (χ3v) is 7.77. The van der Waals surface area contributed by atoms with E-state index in [4.69, 9.17) is 21.1 Å². The number of aliphatic hydroxyl groups is 1. The van der Waals surface area contributed by atoms with Gasteiger partial charge in [-0.05, 0) is 72.3 Å². The van der Waals surface area contributed by atoms with E-state index in [0.29, 0.717) is 44.0 Å². The van der Waals surface area contributed by atoms with E-state index in [9.17, 15) is 14.7 Å². The summed E-state index contributed by atoms with van der Waals surface area (Å²) < 4.78 is 12.2. The minimum atomic E-state index is -0.961. The molecule has 1 atom stereocenters. The van der Waals surface area contributed by atoms with Gasteiger partial charge in [0, 0.05) is 10.6 Å². The van der Waals surface area contributed by atoms with E-state index < -0.39 is 17.7 Å². The summed E-state index contributed by atoms with van der Waals surface area (Å²) >= 11 is 7.30. The van der Waals surface area contributed by atoms with Crippen LogP contribution in [0.15, 0.2) is 103 Å². The molecule has 9 heteroatoms. The van der Waals surface area contributed by atoms with Gasteiger partial charge in [0.05, 0.1) is 28.9 Å². The quantitative estimate of drug-likeness (QED) is 0.131. The van der Waals surface area contributed by atoms with Crippen molar-refractivity contribution in [3.8, 4) is 17.2 Å². The van der Waals surface area contributed by atoms with Crippen molar-refractivity contribution in [1.82, 2.24) is 4.98 Å². The van der Waals surface area contributed by atoms with Crippen LogP contribution in [0.1, 0.15) is 17.2 Å². The highest BCUT2D eigenvalue weighted by atomic mass is 35.5. The molecule has 5 aromatic rings. The fourth-order valence-corrected chi connectivity index (χ4v) is 5.75. The highest BCUT2D eigenvalue weighted by Crippen LogP contribution is 2.45. The molecule has 1 N–H and O–H groups in total. The monoisotopic (exact) mass is 568 g/mol. The molecule has 1 fully saturated rings. The van der Waals surface area contributed by atoms with Crippen molar-refractivity contribution < 1.29 is 24.2 Å². The van der Waals surface area contributed by atoms with Crippen LogP contribution in [0.3, 0.4) is 0 Å². The summed E-state index contributed by atoms with van der Waals surface area (Å²) in [6.45, 7) is 0. The number of ether oxygens (including phenoxy) is 2. The maximum Gasteiger partial charge on any atom is 0.301 e. The molecule has 1 unspecified atom stereocenters. The SMILES string of the molecule is COc1ccc2nc(N3C(=O)C(=O)/C(=C(/O)c4ccc(Cl)cc4)C3c3cccc(Oc4ccccc4)c3)sc2c1. The highest BCUT2D eigenvalue weighted by Gasteiger charge is 2.48. The van der Waals surface area contributed by atoms with Crippen LogP contribution in [-0.4, -0.2) is 28.9 Å². The van der Waals surface area contributed by atoms with Crippen molar-refractivity contribution in [2.24, 2.45) is 0 Å². The highest BCUT2D eigenvalue weighted by molar-refractivity contribution is 7.22. The lowest BCUT2D eigenvalue weighted by atomic mass is 9.95. The average Bonchev–Trinajstić information content (AvgIpc) is 3.51. The Morgan fingerprint density at radius 3 is 2.40 bits per heavy atom. The Morgan fingerprint density at radius 1 is 0.900 bits per heavy atom. The largest absolute Gasteiger partial charge is 0.507 e. The van der Waals surface area contributed by atoms with Gasteiger partial charge in [-0.3, -0.25) is 14.5 Å². The summed E-state index contributed by atoms with van der Waals surface area (Å²) in [4.78, 5) is 33.1. The maximum atomic E-state index is 13.6. The smallest absolute Gasteiger partial charge is 0.301 e. The third-order valence-electron chi connectivity index (χ3n) is 6.51. The molecule has 0 aliphatic carbocycles. The van der Waals surface area contributed by atoms with Crippen molar-refractivity contribution >= 4 is 55.7 Å². The second kappa shape index (κ2) is 10.5. The Morgan fingerprint density at radius 2 is 1.65 bits per heavy atom. The van der Waals surface area contributed by atoms with Crippen LogP contribution in [0.2, 0.25) is 5.02 Å². The number of thiazole rings is 1. The topological polar surface area (TPSA) is 89.0 Å². The summed E-state index contributed by atoms with van der Waals surface area (Å²) in [6.07, 6.45) is 0. The zero-order valence-corrected chi connectivity index (χ0v) is 22.6. The molecule has 1 saturated heterocycles. The molecule has 2 heterocycles. The fourth-order valence-electron chi connectivity index (χ4n) is 4.60. The van der Waals surface area contributed by atoms with Crippen molar-refractivity contribution in [2.45, 2.75) is 6.04 Å². The summed E-state index contributed by atoms with van der Waals surface area (Å²) in [5, 5.41) is 12.2. The molecule has 0 bridgehead atoms. The number of rotatable bonds is 6. The number of ketones is 1. The Bertz CT molecular complexity index is 1780. The van der Waals surface area contributed by atoms with Crippen molar-refractivity contribution in [3.05, 3.63) is 119 Å². The van der Waals surface area contributed by atoms with Crippen LogP contribution < -0.4 is 14.4 Å². The van der Waals surface area contributed by atoms with Crippen LogP contribution in [0.25, 0.3) is 16.0 Å². The molecular formula is C31H21ClN2O5S. The fraction of sp³-hybridized carbons (Fsp3) is 0.0645. The van der Waals surface area contributed by atoms with Crippen LogP contribution in [-0.2, 0) is 9.59 Å². The first-order valence-corrected chi connectivity index (χ1v) is 13.5. The zero-order valence-electron chi connectivity index (χ0n) is 21.1. The number of para-hydroxylation sites is 1. The molecule has 1 aliphatic rings. The number of Topliss-reactive ketones (excluding diaryl/α,β-unsaturated/α-hetero) is 1. The number of benzene rings is 4. The van der Waals surface area contributed by atoms with E-state index in [1.165, 1.54) is 16.2 Å². The first-order valence-electron chi connectivity index (χ1n) is 12.3. The number of aliphatic hydroxyl groups excluding tert-OH is 1. The van der Waals surface area contributed by atoms with Crippen molar-refractivity contribution in [3.63, 3.8) is 0 Å². The molecule has 0 radical (unpaired) electrons. The van der Waals surface area contributed by atoms with Crippen LogP contribution >= 0.6 is 22.9 Å². The predicted octanol–water partition coefficient (Wildman–Crippen LogP) is 7.38. The molecule has 0 saturated carbocycles. The van der Waals surface area contributed by atoms with Crippen LogP contribution in [0.5, 0.6) is 17.2 Å². The third kappa shape index (κ3) is 4.68. The van der Waals surface area contributed by atoms with Crippen molar-refractivity contribution in [1.29, 1.82) is 0 Å². The Labute approximate surface area is 238 Å². The van der Waals surface area contributed by atoms with Gasteiger partial charge in [0.15, 0.2) is 5.13 Å². The van der Waals surface area contributed by atoms with Gasteiger partial charge in [0.2, 0.25) is 0 Å². The summed E-state index contributed by atoms with van der Waals surface area (Å²) in [5.41, 5.74) is 1.53. The van der Waals surface area contributed by atoms with E-state index in [1.807, 2.05) is 36.4 Å². The minimum absolute atomic E-state index is 0.0546. The molecule has 0 spiro atoms. The van der Waals surface area contributed by atoms with Gasteiger partial charge in [-0.2, -0.15) is 0 Å². The van der Waals surface area contributed by atoms with E-state index in [0.717, 1.165) is 4.70 Å². The summed E-state index contributed by atoms with van der Waals surface area (Å²) in [6, 6.07) is 27.2. The number of fused-ring (bicyclic) bond motifs is 1. The molecule has 6 rings (SSSR count). The number of halogens is 1. The molecular weight excluding hydrogens is 548 g/mol.